The maximum atomic E-state index is 12.8. The normalized spacial score (nSPS) is 16.4. The van der Waals surface area contributed by atoms with Crippen molar-refractivity contribution in [2.45, 2.75) is 26.7 Å². The molecule has 5 heteroatoms. The van der Waals surface area contributed by atoms with Gasteiger partial charge in [0.05, 0.1) is 27.7 Å². The molecular weight excluding hydrogens is 346 g/mol. The Morgan fingerprint density at radius 1 is 1.15 bits per heavy atom. The quantitative estimate of drug-likeness (QED) is 0.681. The van der Waals surface area contributed by atoms with E-state index in [1.807, 2.05) is 60.1 Å². The summed E-state index contributed by atoms with van der Waals surface area (Å²) >= 11 is 6.36. The van der Waals surface area contributed by atoms with Gasteiger partial charge in [-0.15, -0.1) is 5.10 Å². The van der Waals surface area contributed by atoms with Gasteiger partial charge in [-0.3, -0.25) is 4.79 Å². The Morgan fingerprint density at radius 3 is 2.65 bits per heavy atom. The van der Waals surface area contributed by atoms with Gasteiger partial charge < -0.3 is 5.32 Å². The molecule has 132 valence electrons. The van der Waals surface area contributed by atoms with Crippen LogP contribution in [0, 0.1) is 12.8 Å². The number of rotatable bonds is 3. The van der Waals surface area contributed by atoms with E-state index < -0.39 is 0 Å². The molecule has 26 heavy (non-hydrogen) atoms. The van der Waals surface area contributed by atoms with Gasteiger partial charge in [-0.2, -0.15) is 0 Å². The molecule has 0 saturated heterocycles. The Kier molecular flexibility index (Phi) is 4.29. The van der Waals surface area contributed by atoms with E-state index in [0.717, 1.165) is 29.1 Å². The first-order chi connectivity index (χ1) is 12.5. The van der Waals surface area contributed by atoms with Crippen molar-refractivity contribution in [1.82, 2.24) is 9.78 Å². The van der Waals surface area contributed by atoms with Crippen LogP contribution in [0.4, 0.5) is 11.5 Å². The lowest BCUT2D eigenvalue weighted by Gasteiger charge is -2.19. The summed E-state index contributed by atoms with van der Waals surface area (Å²) in [7, 11) is 0. The highest BCUT2D eigenvalue weighted by molar-refractivity contribution is 6.33. The average molecular weight is 366 g/mol. The van der Waals surface area contributed by atoms with E-state index in [-0.39, 0.29) is 5.78 Å². The third-order valence-electron chi connectivity index (χ3n) is 4.71. The maximum absolute atomic E-state index is 12.8. The molecule has 1 aliphatic rings. The molecule has 1 aromatic heterocycles. The number of hydrogen-bond donors (Lipinski definition) is 1. The number of para-hydroxylation sites is 1. The van der Waals surface area contributed by atoms with E-state index in [9.17, 15) is 4.79 Å². The molecule has 1 heterocycles. The molecule has 2 aromatic carbocycles. The van der Waals surface area contributed by atoms with Crippen molar-refractivity contribution in [3.63, 3.8) is 0 Å². The van der Waals surface area contributed by atoms with Gasteiger partial charge in [-0.25, -0.2) is 4.68 Å². The first kappa shape index (κ1) is 16.9. The first-order valence-electron chi connectivity index (χ1n) is 8.76. The summed E-state index contributed by atoms with van der Waals surface area (Å²) in [6.45, 7) is 4.10. The third kappa shape index (κ3) is 3.01. The van der Waals surface area contributed by atoms with Crippen molar-refractivity contribution < 1.29 is 4.79 Å². The number of aryl methyl sites for hydroxylation is 1. The first-order valence-corrected chi connectivity index (χ1v) is 9.14. The molecular formula is C21H20ClN3O. The number of ketones is 1. The van der Waals surface area contributed by atoms with Gasteiger partial charge in [0.15, 0.2) is 11.6 Å². The molecule has 0 radical (unpaired) electrons. The van der Waals surface area contributed by atoms with Crippen LogP contribution in [0.3, 0.4) is 0 Å². The summed E-state index contributed by atoms with van der Waals surface area (Å²) in [6.07, 6.45) is 1.37. The second-order valence-corrected chi connectivity index (χ2v) is 7.37. The van der Waals surface area contributed by atoms with E-state index in [2.05, 4.69) is 12.2 Å². The number of nitrogens with zero attached hydrogens (tertiary/aromatic N) is 2. The summed E-state index contributed by atoms with van der Waals surface area (Å²) in [5, 5.41) is 8.63. The number of benzene rings is 2. The van der Waals surface area contributed by atoms with E-state index >= 15 is 0 Å². The molecule has 1 atom stereocenters. The molecule has 4 rings (SSSR count). The van der Waals surface area contributed by atoms with Gasteiger partial charge in [0.25, 0.3) is 0 Å². The van der Waals surface area contributed by atoms with Crippen LogP contribution in [0.5, 0.6) is 0 Å². The van der Waals surface area contributed by atoms with Gasteiger partial charge in [0.1, 0.15) is 0 Å². The number of halogens is 1. The summed E-state index contributed by atoms with van der Waals surface area (Å²) in [5.41, 5.74) is 4.44. The molecule has 1 N–H and O–H groups in total. The van der Waals surface area contributed by atoms with Gasteiger partial charge >= 0.3 is 0 Å². The zero-order valence-corrected chi connectivity index (χ0v) is 15.5. The predicted molar refractivity (Wildman–Crippen MR) is 105 cm³/mol. The predicted octanol–water partition coefficient (Wildman–Crippen LogP) is 5.34. The van der Waals surface area contributed by atoms with Gasteiger partial charge in [-0.05, 0) is 49.1 Å². The number of aromatic nitrogens is 2. The minimum atomic E-state index is 0.131. The summed E-state index contributed by atoms with van der Waals surface area (Å²) in [6, 6.07) is 15.7. The van der Waals surface area contributed by atoms with Gasteiger partial charge in [-0.1, -0.05) is 42.8 Å². The molecule has 0 saturated carbocycles. The lowest BCUT2D eigenvalue weighted by Crippen LogP contribution is -2.19. The number of Topliss-reactive ketones (excluding diaryl/α,β-unsaturated/α-hetero) is 1. The summed E-state index contributed by atoms with van der Waals surface area (Å²) in [4.78, 5) is 12.8. The molecule has 4 nitrogen and oxygen atoms in total. The van der Waals surface area contributed by atoms with Crippen LogP contribution in [0.25, 0.3) is 5.69 Å². The standard InChI is InChI=1S/C21H20ClN3O/c1-13-8-9-17(16(22)10-13)23-21-20-18(11-14(2)12-19(20)26)25(24-21)15-6-4-3-5-7-15/h3-10,14H,11-12H2,1-2H3,(H,23,24)/t14-/m0/s1. The van der Waals surface area contributed by atoms with Crippen LogP contribution < -0.4 is 5.32 Å². The SMILES string of the molecule is Cc1ccc(Nc2nn(-c3ccccc3)c3c2C(=O)C[C@@H](C)C3)c(Cl)c1. The average Bonchev–Trinajstić information content (AvgIpc) is 2.96. The van der Waals surface area contributed by atoms with Gasteiger partial charge in [0, 0.05) is 6.42 Å². The van der Waals surface area contributed by atoms with Crippen molar-refractivity contribution in [2.24, 2.45) is 5.92 Å². The van der Waals surface area contributed by atoms with E-state index in [0.29, 0.717) is 28.7 Å². The Balaban J connectivity index is 1.84. The second-order valence-electron chi connectivity index (χ2n) is 6.96. The third-order valence-corrected chi connectivity index (χ3v) is 5.03. The van der Waals surface area contributed by atoms with Crippen LogP contribution in [0.15, 0.2) is 48.5 Å². The molecule has 1 aliphatic carbocycles. The minimum Gasteiger partial charge on any atom is -0.337 e. The van der Waals surface area contributed by atoms with E-state index in [1.54, 1.807) is 0 Å². The number of hydrogen-bond acceptors (Lipinski definition) is 3. The Labute approximate surface area is 157 Å². The summed E-state index contributed by atoms with van der Waals surface area (Å²) in [5.74, 6) is 1.02. The Bertz CT molecular complexity index is 978. The molecule has 3 aromatic rings. The largest absolute Gasteiger partial charge is 0.337 e. The monoisotopic (exact) mass is 365 g/mol. The molecule has 0 spiro atoms. The molecule has 0 amide bonds. The fourth-order valence-corrected chi connectivity index (χ4v) is 3.76. The Hall–Kier alpha value is -2.59. The maximum Gasteiger partial charge on any atom is 0.168 e. The van der Waals surface area contributed by atoms with Crippen molar-refractivity contribution >= 4 is 28.9 Å². The van der Waals surface area contributed by atoms with Gasteiger partial charge in [0.2, 0.25) is 0 Å². The van der Waals surface area contributed by atoms with Crippen molar-refractivity contribution in [3.8, 4) is 5.69 Å². The summed E-state index contributed by atoms with van der Waals surface area (Å²) < 4.78 is 1.88. The number of anilines is 2. The van der Waals surface area contributed by atoms with Crippen molar-refractivity contribution in [1.29, 1.82) is 0 Å². The Morgan fingerprint density at radius 2 is 1.92 bits per heavy atom. The highest BCUT2D eigenvalue weighted by Gasteiger charge is 2.31. The molecule has 0 fully saturated rings. The van der Waals surface area contributed by atoms with Crippen LogP contribution in [-0.4, -0.2) is 15.6 Å². The second kappa shape index (κ2) is 6.61. The fraction of sp³-hybridized carbons (Fsp3) is 0.238. The highest BCUT2D eigenvalue weighted by atomic mass is 35.5. The lowest BCUT2D eigenvalue weighted by molar-refractivity contribution is 0.0953. The van der Waals surface area contributed by atoms with Crippen molar-refractivity contribution in [2.75, 3.05) is 5.32 Å². The van der Waals surface area contributed by atoms with E-state index in [1.165, 1.54) is 0 Å². The number of nitrogens with one attached hydrogen (secondary N) is 1. The van der Waals surface area contributed by atoms with E-state index in [4.69, 9.17) is 16.7 Å². The zero-order valence-electron chi connectivity index (χ0n) is 14.8. The smallest absolute Gasteiger partial charge is 0.168 e. The van der Waals surface area contributed by atoms with Crippen molar-refractivity contribution in [3.05, 3.63) is 70.4 Å². The number of fused-ring (bicyclic) bond motifs is 1. The number of carbonyl (C=O) groups is 1. The highest BCUT2D eigenvalue weighted by Crippen LogP contribution is 2.35. The fourth-order valence-electron chi connectivity index (χ4n) is 3.47. The van der Waals surface area contributed by atoms with Crippen LogP contribution in [0.2, 0.25) is 5.02 Å². The lowest BCUT2D eigenvalue weighted by atomic mass is 9.87. The minimum absolute atomic E-state index is 0.131. The molecule has 0 unspecified atom stereocenters. The zero-order chi connectivity index (χ0) is 18.3. The topological polar surface area (TPSA) is 46.9 Å². The molecule has 0 bridgehead atoms. The molecule has 0 aliphatic heterocycles. The van der Waals surface area contributed by atoms with Crippen LogP contribution in [-0.2, 0) is 6.42 Å². The van der Waals surface area contributed by atoms with Crippen LogP contribution >= 0.6 is 11.6 Å². The number of carbonyl (C=O) groups excluding carboxylic acids is 1. The van der Waals surface area contributed by atoms with Crippen LogP contribution in [0.1, 0.15) is 35.0 Å².